The Kier molecular flexibility index (Phi) is 3.72. The van der Waals surface area contributed by atoms with Crippen LogP contribution in [-0.2, 0) is 14.4 Å². The van der Waals surface area contributed by atoms with Crippen molar-refractivity contribution in [3.8, 4) is 0 Å². The van der Waals surface area contributed by atoms with Crippen LogP contribution in [0.25, 0.3) is 0 Å². The molecule has 0 bridgehead atoms. The van der Waals surface area contributed by atoms with E-state index in [9.17, 15) is 14.4 Å². The van der Waals surface area contributed by atoms with Crippen molar-refractivity contribution in [1.82, 2.24) is 4.90 Å². The molecule has 1 aromatic rings. The van der Waals surface area contributed by atoms with Crippen LogP contribution in [0.15, 0.2) is 18.2 Å². The normalized spacial score (nSPS) is 17.2. The molecule has 1 heterocycles. The van der Waals surface area contributed by atoms with E-state index in [1.165, 1.54) is 0 Å². The lowest BCUT2D eigenvalue weighted by atomic mass is 9.92. The van der Waals surface area contributed by atoms with Crippen LogP contribution in [0.3, 0.4) is 0 Å². The second kappa shape index (κ2) is 5.20. The third kappa shape index (κ3) is 3.04. The summed E-state index contributed by atoms with van der Waals surface area (Å²) in [6.07, 6.45) is 0.139. The summed E-state index contributed by atoms with van der Waals surface area (Å²) in [6.45, 7) is 4.97. The standard InChI is InChI=1S/C15H19N3O3/c1-9-6-10(16)4-5-11(9)17-12(19)8-18-13(20)7-15(2,3)14(18)21/h4-6H,7-8,16H2,1-3H3,(H,17,19). The number of nitrogen functional groups attached to an aromatic ring is 1. The summed E-state index contributed by atoms with van der Waals surface area (Å²) in [6, 6.07) is 5.11. The molecule has 21 heavy (non-hydrogen) atoms. The van der Waals surface area contributed by atoms with Crippen molar-refractivity contribution in [1.29, 1.82) is 0 Å². The van der Waals surface area contributed by atoms with Crippen LogP contribution in [0.2, 0.25) is 0 Å². The van der Waals surface area contributed by atoms with Crippen LogP contribution in [0.1, 0.15) is 25.8 Å². The molecule has 6 nitrogen and oxygen atoms in total. The quantitative estimate of drug-likeness (QED) is 0.648. The predicted molar refractivity (Wildman–Crippen MR) is 79.3 cm³/mol. The Morgan fingerprint density at radius 2 is 2.05 bits per heavy atom. The average molecular weight is 289 g/mol. The second-order valence-electron chi connectivity index (χ2n) is 5.97. The number of nitrogens with zero attached hydrogens (tertiary/aromatic N) is 1. The highest BCUT2D eigenvalue weighted by molar-refractivity contribution is 6.08. The molecule has 6 heteroatoms. The van der Waals surface area contributed by atoms with Gasteiger partial charge < -0.3 is 11.1 Å². The van der Waals surface area contributed by atoms with E-state index in [4.69, 9.17) is 5.73 Å². The van der Waals surface area contributed by atoms with Crippen LogP contribution in [0, 0.1) is 12.3 Å². The van der Waals surface area contributed by atoms with Crippen molar-refractivity contribution < 1.29 is 14.4 Å². The zero-order chi connectivity index (χ0) is 15.8. The fraction of sp³-hybridized carbons (Fsp3) is 0.400. The van der Waals surface area contributed by atoms with E-state index in [1.54, 1.807) is 32.0 Å². The van der Waals surface area contributed by atoms with Gasteiger partial charge in [-0.1, -0.05) is 13.8 Å². The fourth-order valence-corrected chi connectivity index (χ4v) is 2.35. The van der Waals surface area contributed by atoms with Gasteiger partial charge in [0.05, 0.1) is 5.41 Å². The molecule has 0 saturated carbocycles. The van der Waals surface area contributed by atoms with E-state index in [-0.39, 0.29) is 24.8 Å². The molecule has 0 aromatic heterocycles. The van der Waals surface area contributed by atoms with Crippen molar-refractivity contribution in [2.75, 3.05) is 17.6 Å². The lowest BCUT2D eigenvalue weighted by Crippen LogP contribution is -2.39. The number of likely N-dealkylation sites (tertiary alicyclic amines) is 1. The van der Waals surface area contributed by atoms with Crippen LogP contribution in [0.5, 0.6) is 0 Å². The highest BCUT2D eigenvalue weighted by atomic mass is 16.2. The molecule has 3 amide bonds. The van der Waals surface area contributed by atoms with Crippen molar-refractivity contribution in [2.24, 2.45) is 5.41 Å². The molecule has 0 radical (unpaired) electrons. The van der Waals surface area contributed by atoms with E-state index in [1.807, 2.05) is 6.92 Å². The Labute approximate surface area is 123 Å². The molecule has 0 atom stereocenters. The molecule has 3 N–H and O–H groups in total. The topological polar surface area (TPSA) is 92.5 Å². The third-order valence-electron chi connectivity index (χ3n) is 3.54. The summed E-state index contributed by atoms with van der Waals surface area (Å²) in [4.78, 5) is 36.9. The van der Waals surface area contributed by atoms with Crippen molar-refractivity contribution in [2.45, 2.75) is 27.2 Å². The lowest BCUT2D eigenvalue weighted by Gasteiger charge is -2.17. The Morgan fingerprint density at radius 1 is 1.38 bits per heavy atom. The van der Waals surface area contributed by atoms with Gasteiger partial charge in [0.15, 0.2) is 0 Å². The number of hydrogen-bond acceptors (Lipinski definition) is 4. The largest absolute Gasteiger partial charge is 0.399 e. The molecular weight excluding hydrogens is 270 g/mol. The number of imide groups is 1. The van der Waals surface area contributed by atoms with E-state index in [2.05, 4.69) is 5.32 Å². The lowest BCUT2D eigenvalue weighted by molar-refractivity contribution is -0.143. The van der Waals surface area contributed by atoms with Crippen molar-refractivity contribution in [3.63, 3.8) is 0 Å². The summed E-state index contributed by atoms with van der Waals surface area (Å²) in [5.41, 5.74) is 6.97. The molecule has 112 valence electrons. The number of benzene rings is 1. The van der Waals surface area contributed by atoms with Gasteiger partial charge in [0.1, 0.15) is 6.54 Å². The van der Waals surface area contributed by atoms with Gasteiger partial charge >= 0.3 is 0 Å². The van der Waals surface area contributed by atoms with E-state index >= 15 is 0 Å². The third-order valence-corrected chi connectivity index (χ3v) is 3.54. The number of carbonyl (C=O) groups is 3. The first-order valence-corrected chi connectivity index (χ1v) is 6.71. The highest BCUT2D eigenvalue weighted by Crippen LogP contribution is 2.31. The number of nitrogens with one attached hydrogen (secondary N) is 1. The smallest absolute Gasteiger partial charge is 0.244 e. The molecule has 1 aliphatic rings. The summed E-state index contributed by atoms with van der Waals surface area (Å²) in [5, 5.41) is 2.69. The molecule has 0 unspecified atom stereocenters. The monoisotopic (exact) mass is 289 g/mol. The maximum Gasteiger partial charge on any atom is 0.244 e. The van der Waals surface area contributed by atoms with Crippen LogP contribution >= 0.6 is 0 Å². The minimum absolute atomic E-state index is 0.139. The Bertz CT molecular complexity index is 623. The highest BCUT2D eigenvalue weighted by Gasteiger charge is 2.45. The van der Waals surface area contributed by atoms with Gasteiger partial charge in [0.2, 0.25) is 17.7 Å². The Balaban J connectivity index is 2.06. The number of carbonyl (C=O) groups excluding carboxylic acids is 3. The van der Waals surface area contributed by atoms with E-state index in [0.717, 1.165) is 10.5 Å². The minimum Gasteiger partial charge on any atom is -0.399 e. The maximum absolute atomic E-state index is 12.0. The summed E-state index contributed by atoms with van der Waals surface area (Å²) in [5.74, 6) is -1.02. The van der Waals surface area contributed by atoms with E-state index in [0.29, 0.717) is 11.4 Å². The first-order valence-electron chi connectivity index (χ1n) is 6.71. The first-order chi connectivity index (χ1) is 9.70. The minimum atomic E-state index is -0.728. The number of aryl methyl sites for hydroxylation is 1. The van der Waals surface area contributed by atoms with Crippen LogP contribution in [0.4, 0.5) is 11.4 Å². The van der Waals surface area contributed by atoms with Gasteiger partial charge in [-0.2, -0.15) is 0 Å². The number of rotatable bonds is 3. The zero-order valence-electron chi connectivity index (χ0n) is 12.4. The molecule has 1 aromatic carbocycles. The van der Waals surface area contributed by atoms with Crippen molar-refractivity contribution in [3.05, 3.63) is 23.8 Å². The molecule has 0 spiro atoms. The van der Waals surface area contributed by atoms with Gasteiger partial charge in [0, 0.05) is 17.8 Å². The summed E-state index contributed by atoms with van der Waals surface area (Å²) < 4.78 is 0. The zero-order valence-corrected chi connectivity index (χ0v) is 12.4. The molecular formula is C15H19N3O3. The SMILES string of the molecule is Cc1cc(N)ccc1NC(=O)CN1C(=O)CC(C)(C)C1=O. The van der Waals surface area contributed by atoms with Gasteiger partial charge in [-0.15, -0.1) is 0 Å². The van der Waals surface area contributed by atoms with Gasteiger partial charge in [-0.25, -0.2) is 0 Å². The maximum atomic E-state index is 12.0. The van der Waals surface area contributed by atoms with Gasteiger partial charge in [0.25, 0.3) is 0 Å². The number of amides is 3. The van der Waals surface area contributed by atoms with Gasteiger partial charge in [-0.3, -0.25) is 19.3 Å². The molecule has 1 aliphatic heterocycles. The second-order valence-corrected chi connectivity index (χ2v) is 5.97. The van der Waals surface area contributed by atoms with Crippen LogP contribution in [-0.4, -0.2) is 29.2 Å². The molecule has 2 rings (SSSR count). The number of nitrogens with two attached hydrogens (primary N) is 1. The van der Waals surface area contributed by atoms with Crippen molar-refractivity contribution >= 4 is 29.1 Å². The fourth-order valence-electron chi connectivity index (χ4n) is 2.35. The van der Waals surface area contributed by atoms with Gasteiger partial charge in [-0.05, 0) is 30.7 Å². The van der Waals surface area contributed by atoms with E-state index < -0.39 is 11.3 Å². The number of hydrogen-bond donors (Lipinski definition) is 2. The number of anilines is 2. The molecule has 1 fully saturated rings. The average Bonchev–Trinajstić information content (AvgIpc) is 2.55. The predicted octanol–water partition coefficient (Wildman–Crippen LogP) is 1.30. The summed E-state index contributed by atoms with van der Waals surface area (Å²) >= 11 is 0. The molecule has 0 aliphatic carbocycles. The summed E-state index contributed by atoms with van der Waals surface area (Å²) in [7, 11) is 0. The first kappa shape index (κ1) is 15.0. The Hall–Kier alpha value is -2.37. The van der Waals surface area contributed by atoms with Crippen LogP contribution < -0.4 is 11.1 Å². The molecule has 1 saturated heterocycles. The Morgan fingerprint density at radius 3 is 2.57 bits per heavy atom.